The van der Waals surface area contributed by atoms with Gasteiger partial charge in [-0.25, -0.2) is 9.97 Å². The molecule has 0 aliphatic heterocycles. The minimum atomic E-state index is 0.372. The van der Waals surface area contributed by atoms with E-state index in [9.17, 15) is 0 Å². The lowest BCUT2D eigenvalue weighted by atomic mass is 10.3. The highest BCUT2D eigenvalue weighted by Gasteiger charge is 2.11. The van der Waals surface area contributed by atoms with Crippen molar-refractivity contribution in [1.82, 2.24) is 30.4 Å². The van der Waals surface area contributed by atoms with Gasteiger partial charge in [0.2, 0.25) is 11.6 Å². The molecule has 0 N–H and O–H groups in total. The van der Waals surface area contributed by atoms with Crippen molar-refractivity contribution in [2.75, 3.05) is 0 Å². The van der Waals surface area contributed by atoms with Gasteiger partial charge in [-0.05, 0) is 22.9 Å². The summed E-state index contributed by atoms with van der Waals surface area (Å²) in [6.45, 7) is 0. The molecule has 0 spiro atoms. The van der Waals surface area contributed by atoms with Crippen LogP contribution in [-0.4, -0.2) is 30.4 Å². The second-order valence-corrected chi connectivity index (χ2v) is 6.18. The van der Waals surface area contributed by atoms with Crippen molar-refractivity contribution in [3.8, 4) is 32.8 Å². The topological polar surface area (TPSA) is 77.3 Å². The molecule has 0 amide bonds. The summed E-state index contributed by atoms with van der Waals surface area (Å²) in [5, 5.41) is 20.0. The van der Waals surface area contributed by atoms with Crippen molar-refractivity contribution in [1.29, 1.82) is 0 Å². The molecule has 0 aromatic carbocycles. The van der Waals surface area contributed by atoms with E-state index in [4.69, 9.17) is 0 Å². The van der Waals surface area contributed by atoms with Crippen molar-refractivity contribution in [2.45, 2.75) is 0 Å². The molecular weight excluding hydrogens is 316 g/mol. The Morgan fingerprint density at radius 3 is 1.59 bits per heavy atom. The number of hydrogen-bond acceptors (Lipinski definition) is 8. The van der Waals surface area contributed by atoms with E-state index >= 15 is 0 Å². The first-order valence-electron chi connectivity index (χ1n) is 6.38. The molecule has 4 aromatic heterocycles. The fraction of sp³-hybridized carbons (Fsp3) is 0. The Hall–Kier alpha value is -2.58. The van der Waals surface area contributed by atoms with Gasteiger partial charge in [-0.1, -0.05) is 12.1 Å². The Labute approximate surface area is 133 Å². The largest absolute Gasteiger partial charge is 0.222 e. The van der Waals surface area contributed by atoms with Gasteiger partial charge in [-0.2, -0.15) is 10.2 Å². The Morgan fingerprint density at radius 1 is 0.682 bits per heavy atom. The summed E-state index contributed by atoms with van der Waals surface area (Å²) in [5.74, 6) is 0.744. The van der Waals surface area contributed by atoms with Crippen LogP contribution in [0.1, 0.15) is 0 Å². The highest BCUT2D eigenvalue weighted by atomic mass is 32.1. The van der Waals surface area contributed by atoms with Crippen molar-refractivity contribution in [2.24, 2.45) is 0 Å². The fourth-order valence-electron chi connectivity index (χ4n) is 1.88. The van der Waals surface area contributed by atoms with Crippen LogP contribution in [0.4, 0.5) is 0 Å². The van der Waals surface area contributed by atoms with Crippen molar-refractivity contribution < 1.29 is 0 Å². The maximum atomic E-state index is 4.48. The van der Waals surface area contributed by atoms with E-state index in [2.05, 4.69) is 30.4 Å². The minimum Gasteiger partial charge on any atom is -0.221 e. The molecule has 0 atom stereocenters. The van der Waals surface area contributed by atoms with Crippen LogP contribution in [0.25, 0.3) is 32.8 Å². The smallest absolute Gasteiger partial charge is 0.221 e. The highest BCUT2D eigenvalue weighted by molar-refractivity contribution is 7.13. The predicted octanol–water partition coefficient (Wildman–Crippen LogP) is 3.18. The van der Waals surface area contributed by atoms with E-state index in [1.807, 2.05) is 35.0 Å². The number of hydrogen-bond donors (Lipinski definition) is 0. The van der Waals surface area contributed by atoms with Crippen LogP contribution < -0.4 is 0 Å². The monoisotopic (exact) mass is 324 g/mol. The lowest BCUT2D eigenvalue weighted by Crippen LogP contribution is -2.00. The molecule has 4 heterocycles. The summed E-state index contributed by atoms with van der Waals surface area (Å²) < 4.78 is 0. The van der Waals surface area contributed by atoms with Crippen LogP contribution in [0.15, 0.2) is 47.4 Å². The van der Waals surface area contributed by atoms with Crippen LogP contribution >= 0.6 is 22.7 Å². The maximum Gasteiger partial charge on any atom is 0.222 e. The third-order valence-electron chi connectivity index (χ3n) is 2.86. The van der Waals surface area contributed by atoms with Gasteiger partial charge < -0.3 is 0 Å². The lowest BCUT2D eigenvalue weighted by Gasteiger charge is -2.01. The van der Waals surface area contributed by atoms with Gasteiger partial charge in [0.25, 0.3) is 0 Å². The number of aromatic nitrogens is 6. The van der Waals surface area contributed by atoms with Crippen molar-refractivity contribution in [3.05, 3.63) is 47.4 Å². The lowest BCUT2D eigenvalue weighted by molar-refractivity contribution is 0.919. The molecule has 6 nitrogen and oxygen atoms in total. The van der Waals surface area contributed by atoms with Gasteiger partial charge in [0, 0.05) is 0 Å². The van der Waals surface area contributed by atoms with Crippen LogP contribution in [0, 0.1) is 0 Å². The Kier molecular flexibility index (Phi) is 3.37. The van der Waals surface area contributed by atoms with Crippen LogP contribution in [0.3, 0.4) is 0 Å². The number of rotatable bonds is 3. The first-order valence-corrected chi connectivity index (χ1v) is 8.14. The average Bonchev–Trinajstić information content (AvgIpc) is 3.29. The van der Waals surface area contributed by atoms with E-state index in [0.717, 1.165) is 21.1 Å². The standard InChI is InChI=1S/C14H8N6S2/c1-3-11(21-5-1)9-7-15-19-13(17-9)14-18-10(8-16-20-14)12-4-2-6-22-12/h1-8H. The molecule has 0 fully saturated rings. The number of nitrogens with zero attached hydrogens (tertiary/aromatic N) is 6. The fourth-order valence-corrected chi connectivity index (χ4v) is 3.24. The molecule has 4 aromatic rings. The van der Waals surface area contributed by atoms with E-state index in [0.29, 0.717) is 11.6 Å². The summed E-state index contributed by atoms with van der Waals surface area (Å²) in [4.78, 5) is 11.0. The summed E-state index contributed by atoms with van der Waals surface area (Å²) in [6.07, 6.45) is 3.26. The normalized spacial score (nSPS) is 10.7. The van der Waals surface area contributed by atoms with E-state index in [1.165, 1.54) is 0 Å². The third-order valence-corrected chi connectivity index (χ3v) is 4.65. The van der Waals surface area contributed by atoms with Gasteiger partial charge in [0.05, 0.1) is 22.1 Å². The highest BCUT2D eigenvalue weighted by Crippen LogP contribution is 2.25. The molecule has 4 rings (SSSR count). The summed E-state index contributed by atoms with van der Waals surface area (Å²) in [7, 11) is 0. The van der Waals surface area contributed by atoms with Crippen molar-refractivity contribution in [3.63, 3.8) is 0 Å². The first-order chi connectivity index (χ1) is 10.9. The Balaban J connectivity index is 1.76. The van der Waals surface area contributed by atoms with Crippen LogP contribution in [-0.2, 0) is 0 Å². The Morgan fingerprint density at radius 2 is 1.18 bits per heavy atom. The molecule has 106 valence electrons. The minimum absolute atomic E-state index is 0.372. The predicted molar refractivity (Wildman–Crippen MR) is 85.3 cm³/mol. The van der Waals surface area contributed by atoms with Gasteiger partial charge >= 0.3 is 0 Å². The van der Waals surface area contributed by atoms with Crippen molar-refractivity contribution >= 4 is 22.7 Å². The number of thiophene rings is 2. The summed E-state index contributed by atoms with van der Waals surface area (Å²) in [6, 6.07) is 7.91. The zero-order chi connectivity index (χ0) is 14.8. The van der Waals surface area contributed by atoms with E-state index in [-0.39, 0.29) is 0 Å². The quantitative estimate of drug-likeness (QED) is 0.576. The van der Waals surface area contributed by atoms with E-state index < -0.39 is 0 Å². The first kappa shape index (κ1) is 13.1. The second-order valence-electron chi connectivity index (χ2n) is 4.29. The molecule has 0 unspecified atom stereocenters. The molecule has 0 saturated heterocycles. The molecular formula is C14H8N6S2. The molecule has 0 bridgehead atoms. The second kappa shape index (κ2) is 5.66. The average molecular weight is 324 g/mol. The molecule has 0 aliphatic rings. The molecule has 0 aliphatic carbocycles. The Bertz CT molecular complexity index is 814. The van der Waals surface area contributed by atoms with Crippen LogP contribution in [0.2, 0.25) is 0 Å². The third kappa shape index (κ3) is 2.49. The molecule has 0 saturated carbocycles. The molecule has 22 heavy (non-hydrogen) atoms. The zero-order valence-corrected chi connectivity index (χ0v) is 12.8. The maximum absolute atomic E-state index is 4.48. The van der Waals surface area contributed by atoms with Gasteiger partial charge in [0.15, 0.2) is 0 Å². The van der Waals surface area contributed by atoms with Gasteiger partial charge in [-0.3, -0.25) is 0 Å². The summed E-state index contributed by atoms with van der Waals surface area (Å²) >= 11 is 3.19. The van der Waals surface area contributed by atoms with Gasteiger partial charge in [-0.15, -0.1) is 32.9 Å². The summed E-state index contributed by atoms with van der Waals surface area (Å²) in [5.41, 5.74) is 1.51. The van der Waals surface area contributed by atoms with Gasteiger partial charge in [0.1, 0.15) is 11.4 Å². The zero-order valence-electron chi connectivity index (χ0n) is 11.1. The molecule has 8 heteroatoms. The van der Waals surface area contributed by atoms with Crippen LogP contribution in [0.5, 0.6) is 0 Å². The van der Waals surface area contributed by atoms with E-state index in [1.54, 1.807) is 35.1 Å². The SMILES string of the molecule is c1csc(-c2cnnc(-c3nncc(-c4cccs4)n3)n2)c1. The molecule has 0 radical (unpaired) electrons.